The summed E-state index contributed by atoms with van der Waals surface area (Å²) in [7, 11) is 0. The summed E-state index contributed by atoms with van der Waals surface area (Å²) in [6, 6.07) is 7.76. The molecule has 0 saturated heterocycles. The quantitative estimate of drug-likeness (QED) is 0.843. The number of benzene rings is 1. The van der Waals surface area contributed by atoms with Gasteiger partial charge in [-0.25, -0.2) is 4.98 Å². The smallest absolute Gasteiger partial charge is 0.142 e. The fourth-order valence-electron chi connectivity index (χ4n) is 1.90. The summed E-state index contributed by atoms with van der Waals surface area (Å²) in [5.74, 6) is 0.618. The highest BCUT2D eigenvalue weighted by Crippen LogP contribution is 2.21. The molecule has 0 aliphatic carbocycles. The van der Waals surface area contributed by atoms with Gasteiger partial charge in [0.05, 0.1) is 0 Å². The summed E-state index contributed by atoms with van der Waals surface area (Å²) in [5, 5.41) is 19.2. The van der Waals surface area contributed by atoms with Crippen LogP contribution < -0.4 is 0 Å². The summed E-state index contributed by atoms with van der Waals surface area (Å²) in [6.45, 7) is 2.81. The first-order valence-electron chi connectivity index (χ1n) is 6.09. The Balaban J connectivity index is 2.20. The molecule has 0 spiro atoms. The van der Waals surface area contributed by atoms with E-state index in [9.17, 15) is 5.11 Å². The fourth-order valence-corrected chi connectivity index (χ4v) is 1.90. The average Bonchev–Trinajstić information content (AvgIpc) is 2.84. The molecule has 0 radical (unpaired) electrons. The van der Waals surface area contributed by atoms with Crippen LogP contribution in [0.25, 0.3) is 0 Å². The van der Waals surface area contributed by atoms with Crippen LogP contribution in [0.4, 0.5) is 0 Å². The standard InChI is InChI=1S/C14H18N2O2/c1-11-3-5-12(6-4-11)13(18)14-15-7-9-16(14)8-2-10-17/h3-7,9,13,17-18H,2,8,10H2,1H3. The number of rotatable bonds is 5. The van der Waals surface area contributed by atoms with Crippen molar-refractivity contribution in [1.82, 2.24) is 9.55 Å². The number of aryl methyl sites for hydroxylation is 2. The van der Waals surface area contributed by atoms with Crippen molar-refractivity contribution < 1.29 is 10.2 Å². The van der Waals surface area contributed by atoms with Crippen LogP contribution in [0, 0.1) is 6.92 Å². The highest BCUT2D eigenvalue weighted by Gasteiger charge is 2.15. The molecule has 4 nitrogen and oxygen atoms in total. The molecule has 4 heteroatoms. The van der Waals surface area contributed by atoms with Crippen molar-refractivity contribution >= 4 is 0 Å². The number of nitrogens with zero attached hydrogens (tertiary/aromatic N) is 2. The second-order valence-corrected chi connectivity index (χ2v) is 4.37. The molecule has 0 fully saturated rings. The minimum Gasteiger partial charge on any atom is -0.396 e. The lowest BCUT2D eigenvalue weighted by molar-refractivity contribution is 0.202. The fraction of sp³-hybridized carbons (Fsp3) is 0.357. The van der Waals surface area contributed by atoms with Crippen LogP contribution in [0.5, 0.6) is 0 Å². The predicted octanol–water partition coefficient (Wildman–Crippen LogP) is 1.66. The van der Waals surface area contributed by atoms with Crippen molar-refractivity contribution in [2.75, 3.05) is 6.61 Å². The minimum absolute atomic E-state index is 0.137. The first kappa shape index (κ1) is 12.8. The monoisotopic (exact) mass is 246 g/mol. The summed E-state index contributed by atoms with van der Waals surface area (Å²) in [4.78, 5) is 4.20. The van der Waals surface area contributed by atoms with Gasteiger partial charge in [0.2, 0.25) is 0 Å². The predicted molar refractivity (Wildman–Crippen MR) is 69.2 cm³/mol. The Morgan fingerprint density at radius 3 is 2.67 bits per heavy atom. The van der Waals surface area contributed by atoms with E-state index in [2.05, 4.69) is 4.98 Å². The van der Waals surface area contributed by atoms with Crippen LogP contribution in [0.1, 0.15) is 29.5 Å². The molecule has 0 aliphatic heterocycles. The molecule has 0 bridgehead atoms. The van der Waals surface area contributed by atoms with Gasteiger partial charge in [0.1, 0.15) is 11.9 Å². The van der Waals surface area contributed by atoms with Gasteiger partial charge < -0.3 is 14.8 Å². The largest absolute Gasteiger partial charge is 0.396 e. The minimum atomic E-state index is -0.723. The zero-order valence-electron chi connectivity index (χ0n) is 10.5. The van der Waals surface area contributed by atoms with Gasteiger partial charge in [-0.3, -0.25) is 0 Å². The van der Waals surface area contributed by atoms with E-state index in [0.717, 1.165) is 11.1 Å². The third kappa shape index (κ3) is 2.78. The van der Waals surface area contributed by atoms with E-state index in [1.165, 1.54) is 0 Å². The van der Waals surface area contributed by atoms with E-state index in [0.29, 0.717) is 18.8 Å². The summed E-state index contributed by atoms with van der Waals surface area (Å²) in [6.07, 6.45) is 3.43. The number of aromatic nitrogens is 2. The van der Waals surface area contributed by atoms with Crippen LogP contribution in [0.3, 0.4) is 0 Å². The molecule has 1 heterocycles. The first-order valence-corrected chi connectivity index (χ1v) is 6.09. The molecule has 0 saturated carbocycles. The maximum atomic E-state index is 10.3. The Morgan fingerprint density at radius 1 is 1.28 bits per heavy atom. The molecule has 0 aliphatic rings. The van der Waals surface area contributed by atoms with Crippen LogP contribution in [-0.2, 0) is 6.54 Å². The maximum Gasteiger partial charge on any atom is 0.142 e. The van der Waals surface area contributed by atoms with Gasteiger partial charge in [-0.05, 0) is 18.9 Å². The Labute approximate surface area is 107 Å². The highest BCUT2D eigenvalue weighted by atomic mass is 16.3. The lowest BCUT2D eigenvalue weighted by Crippen LogP contribution is -2.10. The van der Waals surface area contributed by atoms with Gasteiger partial charge in [-0.1, -0.05) is 29.8 Å². The molecule has 1 unspecified atom stereocenters. The van der Waals surface area contributed by atoms with E-state index in [1.54, 1.807) is 6.20 Å². The first-order chi connectivity index (χ1) is 8.72. The van der Waals surface area contributed by atoms with Crippen molar-refractivity contribution in [1.29, 1.82) is 0 Å². The van der Waals surface area contributed by atoms with Gasteiger partial charge in [-0.15, -0.1) is 0 Å². The van der Waals surface area contributed by atoms with Crippen molar-refractivity contribution in [3.8, 4) is 0 Å². The molecule has 1 aromatic heterocycles. The van der Waals surface area contributed by atoms with E-state index in [1.807, 2.05) is 42.0 Å². The molecule has 0 amide bonds. The number of hydrogen-bond donors (Lipinski definition) is 2. The summed E-state index contributed by atoms with van der Waals surface area (Å²) >= 11 is 0. The Bertz CT molecular complexity index is 491. The van der Waals surface area contributed by atoms with Crippen molar-refractivity contribution in [2.24, 2.45) is 0 Å². The third-order valence-electron chi connectivity index (χ3n) is 2.94. The lowest BCUT2D eigenvalue weighted by Gasteiger charge is -2.13. The lowest BCUT2D eigenvalue weighted by atomic mass is 10.1. The van der Waals surface area contributed by atoms with Crippen molar-refractivity contribution in [2.45, 2.75) is 26.0 Å². The van der Waals surface area contributed by atoms with Gasteiger partial charge in [-0.2, -0.15) is 0 Å². The second kappa shape index (κ2) is 5.80. The Kier molecular flexibility index (Phi) is 4.12. The van der Waals surface area contributed by atoms with Gasteiger partial charge in [0, 0.05) is 25.5 Å². The SMILES string of the molecule is Cc1ccc(C(O)c2nccn2CCCO)cc1. The van der Waals surface area contributed by atoms with E-state index < -0.39 is 6.10 Å². The van der Waals surface area contributed by atoms with E-state index in [-0.39, 0.29) is 6.61 Å². The number of imidazole rings is 1. The molecule has 1 atom stereocenters. The van der Waals surface area contributed by atoms with Crippen LogP contribution in [0.15, 0.2) is 36.7 Å². The van der Waals surface area contributed by atoms with E-state index in [4.69, 9.17) is 5.11 Å². The summed E-state index contributed by atoms with van der Waals surface area (Å²) in [5.41, 5.74) is 1.99. The van der Waals surface area contributed by atoms with Crippen LogP contribution in [0.2, 0.25) is 0 Å². The number of aliphatic hydroxyl groups excluding tert-OH is 2. The van der Waals surface area contributed by atoms with E-state index >= 15 is 0 Å². The van der Waals surface area contributed by atoms with Gasteiger partial charge in [0.15, 0.2) is 0 Å². The molecule has 96 valence electrons. The van der Waals surface area contributed by atoms with Crippen molar-refractivity contribution in [3.63, 3.8) is 0 Å². The normalized spacial score (nSPS) is 12.6. The molecule has 2 N–H and O–H groups in total. The maximum absolute atomic E-state index is 10.3. The zero-order valence-corrected chi connectivity index (χ0v) is 10.5. The van der Waals surface area contributed by atoms with Crippen molar-refractivity contribution in [3.05, 3.63) is 53.6 Å². The molecule has 1 aromatic carbocycles. The topological polar surface area (TPSA) is 58.3 Å². The molecular weight excluding hydrogens is 228 g/mol. The number of aliphatic hydroxyl groups is 2. The average molecular weight is 246 g/mol. The Morgan fingerprint density at radius 2 is 2.00 bits per heavy atom. The second-order valence-electron chi connectivity index (χ2n) is 4.37. The summed E-state index contributed by atoms with van der Waals surface area (Å²) < 4.78 is 1.88. The molecule has 2 aromatic rings. The number of hydrogen-bond acceptors (Lipinski definition) is 3. The molecular formula is C14H18N2O2. The third-order valence-corrected chi connectivity index (χ3v) is 2.94. The van der Waals surface area contributed by atoms with Crippen LogP contribution in [-0.4, -0.2) is 26.4 Å². The molecule has 18 heavy (non-hydrogen) atoms. The van der Waals surface area contributed by atoms with Crippen LogP contribution >= 0.6 is 0 Å². The van der Waals surface area contributed by atoms with Gasteiger partial charge in [0.25, 0.3) is 0 Å². The molecule has 2 rings (SSSR count). The Hall–Kier alpha value is -1.65. The highest BCUT2D eigenvalue weighted by molar-refractivity contribution is 5.26. The zero-order chi connectivity index (χ0) is 13.0. The van der Waals surface area contributed by atoms with Gasteiger partial charge >= 0.3 is 0 Å².